The van der Waals surface area contributed by atoms with Crippen molar-refractivity contribution < 1.29 is 9.53 Å². The zero-order chi connectivity index (χ0) is 15.7. The first-order valence-corrected chi connectivity index (χ1v) is 7.69. The van der Waals surface area contributed by atoms with Crippen molar-refractivity contribution in [3.05, 3.63) is 29.8 Å². The Balaban J connectivity index is 2.29. The first kappa shape index (κ1) is 17.5. The Labute approximate surface area is 128 Å². The highest BCUT2D eigenvalue weighted by atomic mass is 16.5. The number of ether oxygens (including phenoxy) is 1. The summed E-state index contributed by atoms with van der Waals surface area (Å²) in [5, 5.41) is 3.16. The van der Waals surface area contributed by atoms with Gasteiger partial charge in [0.05, 0.1) is 13.2 Å². The van der Waals surface area contributed by atoms with Gasteiger partial charge < -0.3 is 15.0 Å². The fourth-order valence-corrected chi connectivity index (χ4v) is 1.74. The van der Waals surface area contributed by atoms with Crippen LogP contribution in [0.1, 0.15) is 32.8 Å². The van der Waals surface area contributed by atoms with Gasteiger partial charge in [-0.2, -0.15) is 0 Å². The van der Waals surface area contributed by atoms with Crippen LogP contribution in [-0.4, -0.2) is 37.6 Å². The Morgan fingerprint density at radius 2 is 1.95 bits per heavy atom. The molecule has 0 atom stereocenters. The maximum Gasteiger partial charge on any atom is 0.236 e. The highest BCUT2D eigenvalue weighted by molar-refractivity contribution is 5.77. The number of hydrogen-bond acceptors (Lipinski definition) is 3. The minimum absolute atomic E-state index is 0.117. The van der Waals surface area contributed by atoms with Gasteiger partial charge in [0, 0.05) is 20.1 Å². The van der Waals surface area contributed by atoms with E-state index in [1.807, 2.05) is 38.2 Å². The summed E-state index contributed by atoms with van der Waals surface area (Å²) in [6.45, 7) is 8.91. The number of amides is 1. The summed E-state index contributed by atoms with van der Waals surface area (Å²) in [6, 6.07) is 8.03. The van der Waals surface area contributed by atoms with Crippen LogP contribution in [0.3, 0.4) is 0 Å². The maximum atomic E-state index is 11.6. The fraction of sp³-hybridized carbons (Fsp3) is 0.588. The molecule has 0 bridgehead atoms. The molecule has 1 rings (SSSR count). The molecule has 4 heteroatoms. The van der Waals surface area contributed by atoms with Crippen molar-refractivity contribution in [3.8, 4) is 5.75 Å². The van der Waals surface area contributed by atoms with Crippen molar-refractivity contribution >= 4 is 5.91 Å². The van der Waals surface area contributed by atoms with Crippen molar-refractivity contribution in [3.63, 3.8) is 0 Å². The molecule has 0 saturated carbocycles. The predicted molar refractivity (Wildman–Crippen MR) is 86.4 cm³/mol. The second kappa shape index (κ2) is 9.40. The van der Waals surface area contributed by atoms with E-state index in [1.165, 1.54) is 0 Å². The van der Waals surface area contributed by atoms with Crippen LogP contribution in [0.5, 0.6) is 5.75 Å². The molecule has 1 aromatic rings. The minimum atomic E-state index is 0.117. The number of nitrogens with one attached hydrogen (secondary N) is 1. The molecule has 1 amide bonds. The molecule has 0 aliphatic rings. The van der Waals surface area contributed by atoms with Gasteiger partial charge in [-0.3, -0.25) is 4.79 Å². The Morgan fingerprint density at radius 3 is 2.52 bits per heavy atom. The van der Waals surface area contributed by atoms with Gasteiger partial charge in [0.15, 0.2) is 0 Å². The molecule has 0 saturated heterocycles. The number of hydrogen-bond donors (Lipinski definition) is 1. The lowest BCUT2D eigenvalue weighted by Gasteiger charge is -2.14. The average molecular weight is 292 g/mol. The van der Waals surface area contributed by atoms with E-state index in [4.69, 9.17) is 4.74 Å². The van der Waals surface area contributed by atoms with Gasteiger partial charge in [0.1, 0.15) is 5.75 Å². The SMILES string of the molecule is CCN(C)C(=O)CNCc1ccc(OCCC(C)C)cc1. The smallest absolute Gasteiger partial charge is 0.236 e. The van der Waals surface area contributed by atoms with E-state index in [2.05, 4.69) is 19.2 Å². The third kappa shape index (κ3) is 7.14. The summed E-state index contributed by atoms with van der Waals surface area (Å²) in [5.74, 6) is 1.68. The molecule has 1 N–H and O–H groups in total. The van der Waals surface area contributed by atoms with Crippen molar-refractivity contribution in [2.45, 2.75) is 33.7 Å². The molecule has 0 spiro atoms. The molecule has 0 heterocycles. The molecule has 0 fully saturated rings. The summed E-state index contributed by atoms with van der Waals surface area (Å²) in [4.78, 5) is 13.3. The standard InChI is InChI=1S/C17H28N2O2/c1-5-19(4)17(20)13-18-12-15-6-8-16(9-7-15)21-11-10-14(2)3/h6-9,14,18H,5,10-13H2,1-4H3. The second-order valence-corrected chi connectivity index (χ2v) is 5.69. The van der Waals surface area contributed by atoms with Crippen molar-refractivity contribution in [2.75, 3.05) is 26.7 Å². The minimum Gasteiger partial charge on any atom is -0.494 e. The van der Waals surface area contributed by atoms with Crippen LogP contribution in [0.15, 0.2) is 24.3 Å². The van der Waals surface area contributed by atoms with Gasteiger partial charge in [-0.15, -0.1) is 0 Å². The molecule has 1 aromatic carbocycles. The highest BCUT2D eigenvalue weighted by Crippen LogP contribution is 2.13. The lowest BCUT2D eigenvalue weighted by Crippen LogP contribution is -2.35. The number of carbonyl (C=O) groups excluding carboxylic acids is 1. The van der Waals surface area contributed by atoms with E-state index in [0.29, 0.717) is 19.0 Å². The third-order valence-corrected chi connectivity index (χ3v) is 3.39. The summed E-state index contributed by atoms with van der Waals surface area (Å²) in [6.07, 6.45) is 1.07. The molecular formula is C17H28N2O2. The molecule has 0 radical (unpaired) electrons. The Hall–Kier alpha value is -1.55. The number of likely N-dealkylation sites (N-methyl/N-ethyl adjacent to an activating group) is 1. The maximum absolute atomic E-state index is 11.6. The quantitative estimate of drug-likeness (QED) is 0.761. The molecule has 21 heavy (non-hydrogen) atoms. The predicted octanol–water partition coefficient (Wildman–Crippen LogP) is 2.68. The van der Waals surface area contributed by atoms with Crippen LogP contribution in [0.2, 0.25) is 0 Å². The number of rotatable bonds is 9. The van der Waals surface area contributed by atoms with Gasteiger partial charge >= 0.3 is 0 Å². The van der Waals surface area contributed by atoms with Crippen LogP contribution in [-0.2, 0) is 11.3 Å². The third-order valence-electron chi connectivity index (χ3n) is 3.39. The number of nitrogens with zero attached hydrogens (tertiary/aromatic N) is 1. The van der Waals surface area contributed by atoms with Crippen LogP contribution in [0.25, 0.3) is 0 Å². The lowest BCUT2D eigenvalue weighted by molar-refractivity contribution is -0.128. The topological polar surface area (TPSA) is 41.6 Å². The molecule has 0 aliphatic heterocycles. The van der Waals surface area contributed by atoms with Crippen LogP contribution in [0, 0.1) is 5.92 Å². The van der Waals surface area contributed by atoms with E-state index in [0.717, 1.165) is 30.9 Å². The van der Waals surface area contributed by atoms with Crippen LogP contribution >= 0.6 is 0 Å². The second-order valence-electron chi connectivity index (χ2n) is 5.69. The van der Waals surface area contributed by atoms with Gasteiger partial charge in [0.25, 0.3) is 0 Å². The van der Waals surface area contributed by atoms with E-state index >= 15 is 0 Å². The molecule has 118 valence electrons. The zero-order valence-corrected chi connectivity index (χ0v) is 13.7. The van der Waals surface area contributed by atoms with Gasteiger partial charge in [-0.05, 0) is 37.0 Å². The summed E-state index contributed by atoms with van der Waals surface area (Å²) in [5.41, 5.74) is 1.15. The molecule has 0 aromatic heterocycles. The van der Waals surface area contributed by atoms with Crippen molar-refractivity contribution in [2.24, 2.45) is 5.92 Å². The first-order valence-electron chi connectivity index (χ1n) is 7.69. The van der Waals surface area contributed by atoms with E-state index in [1.54, 1.807) is 4.90 Å². The van der Waals surface area contributed by atoms with Crippen LogP contribution < -0.4 is 10.1 Å². The lowest BCUT2D eigenvalue weighted by atomic mass is 10.1. The largest absolute Gasteiger partial charge is 0.494 e. The Bertz CT molecular complexity index is 415. The van der Waals surface area contributed by atoms with Crippen molar-refractivity contribution in [1.82, 2.24) is 10.2 Å². The Morgan fingerprint density at radius 1 is 1.29 bits per heavy atom. The summed E-state index contributed by atoms with van der Waals surface area (Å²) < 4.78 is 5.68. The van der Waals surface area contributed by atoms with Crippen LogP contribution in [0.4, 0.5) is 0 Å². The van der Waals surface area contributed by atoms with Gasteiger partial charge in [0.2, 0.25) is 5.91 Å². The first-order chi connectivity index (χ1) is 10.0. The normalized spacial score (nSPS) is 10.7. The molecule has 0 unspecified atom stereocenters. The van der Waals surface area contributed by atoms with E-state index < -0.39 is 0 Å². The molecule has 0 aliphatic carbocycles. The van der Waals surface area contributed by atoms with Gasteiger partial charge in [-0.25, -0.2) is 0 Å². The highest BCUT2D eigenvalue weighted by Gasteiger charge is 2.05. The fourth-order valence-electron chi connectivity index (χ4n) is 1.74. The Kier molecular flexibility index (Phi) is 7.83. The number of benzene rings is 1. The monoisotopic (exact) mass is 292 g/mol. The molecule has 4 nitrogen and oxygen atoms in total. The van der Waals surface area contributed by atoms with Gasteiger partial charge in [-0.1, -0.05) is 26.0 Å². The zero-order valence-electron chi connectivity index (χ0n) is 13.7. The number of carbonyl (C=O) groups is 1. The summed E-state index contributed by atoms with van der Waals surface area (Å²) in [7, 11) is 1.81. The average Bonchev–Trinajstić information content (AvgIpc) is 2.47. The summed E-state index contributed by atoms with van der Waals surface area (Å²) >= 11 is 0. The van der Waals surface area contributed by atoms with Crippen molar-refractivity contribution in [1.29, 1.82) is 0 Å². The van der Waals surface area contributed by atoms with E-state index in [-0.39, 0.29) is 5.91 Å². The van der Waals surface area contributed by atoms with E-state index in [9.17, 15) is 4.79 Å². The molecular weight excluding hydrogens is 264 g/mol.